The van der Waals surface area contributed by atoms with E-state index in [0.717, 1.165) is 23.5 Å². The third kappa shape index (κ3) is 3.59. The molecule has 2 aliphatic heterocycles. The molecule has 0 radical (unpaired) electrons. The van der Waals surface area contributed by atoms with Crippen molar-refractivity contribution in [2.24, 2.45) is 11.7 Å². The van der Waals surface area contributed by atoms with E-state index in [2.05, 4.69) is 4.74 Å². The van der Waals surface area contributed by atoms with Crippen LogP contribution in [0, 0.1) is 23.1 Å². The number of esters is 2. The van der Waals surface area contributed by atoms with E-state index < -0.39 is 46.7 Å². The Kier molecular flexibility index (Phi) is 5.29. The Labute approximate surface area is 201 Å². The fourth-order valence-electron chi connectivity index (χ4n) is 5.06. The van der Waals surface area contributed by atoms with E-state index in [1.807, 2.05) is 0 Å². The van der Waals surface area contributed by atoms with Gasteiger partial charge in [0, 0.05) is 24.0 Å². The summed E-state index contributed by atoms with van der Waals surface area (Å²) in [5.41, 5.74) is 3.53. The molecule has 13 heteroatoms. The third-order valence-electron chi connectivity index (χ3n) is 7.16. The Bertz CT molecular complexity index is 1420. The number of anilines is 1. The first-order valence-electron chi connectivity index (χ1n) is 11.2. The predicted molar refractivity (Wildman–Crippen MR) is 116 cm³/mol. The molecule has 190 valence electrons. The van der Waals surface area contributed by atoms with Crippen molar-refractivity contribution < 1.29 is 36.6 Å². The number of hydrogen-bond donors (Lipinski definition) is 1. The van der Waals surface area contributed by atoms with Crippen LogP contribution in [0.4, 0.5) is 23.2 Å². The number of nitrogens with two attached hydrogens (primary N) is 1. The minimum absolute atomic E-state index is 0.00609. The topological polar surface area (TPSA) is 128 Å². The highest BCUT2D eigenvalue weighted by Gasteiger charge is 2.49. The Morgan fingerprint density at radius 1 is 1.33 bits per heavy atom. The van der Waals surface area contributed by atoms with Crippen molar-refractivity contribution in [3.05, 3.63) is 33.4 Å². The number of alkyl halides is 3. The van der Waals surface area contributed by atoms with Crippen LogP contribution in [0.1, 0.15) is 48.1 Å². The second-order valence-electron chi connectivity index (χ2n) is 9.47. The SMILES string of the molecule is C[C@H]1COc2c(N3CC[C@@H](C4(N)CC4)C3)c(F)c(C#N)c3cc(C(=O)OC(=O)C(F)(F)F)c(=O)n1c23. The lowest BCUT2D eigenvalue weighted by Crippen LogP contribution is -2.37. The van der Waals surface area contributed by atoms with Gasteiger partial charge in [-0.05, 0) is 38.2 Å². The largest absolute Gasteiger partial charge is 0.491 e. The lowest BCUT2D eigenvalue weighted by molar-refractivity contribution is -0.193. The van der Waals surface area contributed by atoms with Crippen molar-refractivity contribution in [3.8, 4) is 11.8 Å². The standard InChI is InChI=1S/C23H20F4N4O5/c1-10-9-35-18-16-12(6-13(19(32)31(10)16)20(33)36-21(34)23(25,26)27)14(7-28)15(24)17(18)30-5-2-11(8-30)22(29)3-4-22/h6,10-11H,2-5,8-9,29H2,1H3/t10-,11+/m0/s1. The maximum absolute atomic E-state index is 15.8. The van der Waals surface area contributed by atoms with Gasteiger partial charge in [-0.3, -0.25) is 9.36 Å². The van der Waals surface area contributed by atoms with Crippen LogP contribution in [-0.2, 0) is 9.53 Å². The van der Waals surface area contributed by atoms with Crippen molar-refractivity contribution in [1.82, 2.24) is 4.57 Å². The number of hydrogen-bond acceptors (Lipinski definition) is 8. The van der Waals surface area contributed by atoms with E-state index in [4.69, 9.17) is 10.5 Å². The van der Waals surface area contributed by atoms with Gasteiger partial charge in [0.1, 0.15) is 23.9 Å². The van der Waals surface area contributed by atoms with Gasteiger partial charge in [0.15, 0.2) is 11.6 Å². The van der Waals surface area contributed by atoms with Crippen LogP contribution in [0.25, 0.3) is 10.9 Å². The third-order valence-corrected chi connectivity index (χ3v) is 7.16. The van der Waals surface area contributed by atoms with Crippen LogP contribution in [0.2, 0.25) is 0 Å². The number of ether oxygens (including phenoxy) is 2. The van der Waals surface area contributed by atoms with Gasteiger partial charge in [-0.1, -0.05) is 0 Å². The second kappa shape index (κ2) is 7.92. The monoisotopic (exact) mass is 508 g/mol. The summed E-state index contributed by atoms with van der Waals surface area (Å²) in [5.74, 6) is -5.51. The molecule has 1 aromatic carbocycles. The van der Waals surface area contributed by atoms with E-state index >= 15 is 4.39 Å². The Morgan fingerprint density at radius 3 is 2.64 bits per heavy atom. The number of pyridine rings is 1. The number of carbonyl (C=O) groups is 2. The first-order valence-corrected chi connectivity index (χ1v) is 11.2. The molecule has 1 aliphatic carbocycles. The van der Waals surface area contributed by atoms with Gasteiger partial charge in [0.25, 0.3) is 5.56 Å². The number of aromatic nitrogens is 1. The maximum atomic E-state index is 15.8. The lowest BCUT2D eigenvalue weighted by atomic mass is 9.97. The van der Waals surface area contributed by atoms with Crippen LogP contribution in [0.15, 0.2) is 10.9 Å². The lowest BCUT2D eigenvalue weighted by Gasteiger charge is -2.31. The van der Waals surface area contributed by atoms with Crippen molar-refractivity contribution in [3.63, 3.8) is 0 Å². The number of nitriles is 1. The van der Waals surface area contributed by atoms with E-state index in [-0.39, 0.29) is 40.4 Å². The number of benzene rings is 1. The van der Waals surface area contributed by atoms with Crippen LogP contribution in [-0.4, -0.2) is 47.9 Å². The second-order valence-corrected chi connectivity index (χ2v) is 9.47. The number of rotatable bonds is 3. The molecule has 5 rings (SSSR count). The van der Waals surface area contributed by atoms with Crippen LogP contribution >= 0.6 is 0 Å². The molecular weight excluding hydrogens is 488 g/mol. The van der Waals surface area contributed by atoms with Gasteiger partial charge in [-0.15, -0.1) is 0 Å². The molecule has 36 heavy (non-hydrogen) atoms. The summed E-state index contributed by atoms with van der Waals surface area (Å²) < 4.78 is 64.3. The van der Waals surface area contributed by atoms with Crippen LogP contribution < -0.4 is 20.9 Å². The van der Waals surface area contributed by atoms with Crippen molar-refractivity contribution in [1.29, 1.82) is 5.26 Å². The normalized spacial score (nSPS) is 22.2. The molecule has 2 atom stereocenters. The summed E-state index contributed by atoms with van der Waals surface area (Å²) in [6, 6.07) is 1.77. The Morgan fingerprint density at radius 2 is 2.03 bits per heavy atom. The molecule has 0 unspecified atom stereocenters. The first-order chi connectivity index (χ1) is 16.9. The van der Waals surface area contributed by atoms with Crippen molar-refractivity contribution >= 4 is 28.5 Å². The van der Waals surface area contributed by atoms with Gasteiger partial charge in [-0.25, -0.2) is 14.0 Å². The quantitative estimate of drug-likeness (QED) is 0.381. The number of halogens is 4. The van der Waals surface area contributed by atoms with E-state index in [1.165, 1.54) is 0 Å². The molecule has 9 nitrogen and oxygen atoms in total. The van der Waals surface area contributed by atoms with Gasteiger partial charge in [-0.2, -0.15) is 18.4 Å². The molecule has 0 spiro atoms. The summed E-state index contributed by atoms with van der Waals surface area (Å²) in [6.07, 6.45) is -3.03. The molecular formula is C23H20F4N4O5. The summed E-state index contributed by atoms with van der Waals surface area (Å²) in [4.78, 5) is 38.4. The van der Waals surface area contributed by atoms with Crippen LogP contribution in [0.5, 0.6) is 5.75 Å². The van der Waals surface area contributed by atoms with Gasteiger partial charge < -0.3 is 20.1 Å². The van der Waals surface area contributed by atoms with Gasteiger partial charge in [0.05, 0.1) is 17.1 Å². The summed E-state index contributed by atoms with van der Waals surface area (Å²) in [7, 11) is 0. The fraction of sp³-hybridized carbons (Fsp3) is 0.478. The molecule has 0 amide bonds. The van der Waals surface area contributed by atoms with E-state index in [9.17, 15) is 32.8 Å². The van der Waals surface area contributed by atoms with E-state index in [0.29, 0.717) is 19.5 Å². The molecule has 1 aromatic heterocycles. The molecule has 2 fully saturated rings. The zero-order valence-corrected chi connectivity index (χ0v) is 18.9. The highest BCUT2D eigenvalue weighted by molar-refractivity contribution is 6.03. The minimum Gasteiger partial charge on any atom is -0.487 e. The molecule has 1 saturated heterocycles. The summed E-state index contributed by atoms with van der Waals surface area (Å²) >= 11 is 0. The highest BCUT2D eigenvalue weighted by Crippen LogP contribution is 2.49. The molecule has 0 bridgehead atoms. The van der Waals surface area contributed by atoms with Crippen molar-refractivity contribution in [2.45, 2.75) is 43.9 Å². The molecule has 2 N–H and O–H groups in total. The Hall–Kier alpha value is -3.66. The maximum Gasteiger partial charge on any atom is 0.491 e. The molecule has 1 saturated carbocycles. The highest BCUT2D eigenvalue weighted by atomic mass is 19.4. The van der Waals surface area contributed by atoms with Crippen molar-refractivity contribution in [2.75, 3.05) is 24.6 Å². The molecule has 3 heterocycles. The van der Waals surface area contributed by atoms with Gasteiger partial charge in [0.2, 0.25) is 0 Å². The Balaban J connectivity index is 1.69. The van der Waals surface area contributed by atoms with E-state index in [1.54, 1.807) is 17.9 Å². The number of nitrogens with zero attached hydrogens (tertiary/aromatic N) is 3. The predicted octanol–water partition coefficient (Wildman–Crippen LogP) is 2.53. The molecule has 3 aliphatic rings. The number of carbonyl (C=O) groups excluding carboxylic acids is 2. The smallest absolute Gasteiger partial charge is 0.487 e. The van der Waals surface area contributed by atoms with Gasteiger partial charge >= 0.3 is 18.1 Å². The van der Waals surface area contributed by atoms with Crippen LogP contribution in [0.3, 0.4) is 0 Å². The minimum atomic E-state index is -5.47. The summed E-state index contributed by atoms with van der Waals surface area (Å²) in [6.45, 7) is 2.30. The molecule has 2 aromatic rings. The summed E-state index contributed by atoms with van der Waals surface area (Å²) in [5, 5.41) is 9.57. The zero-order chi connectivity index (χ0) is 26.2. The average Bonchev–Trinajstić information content (AvgIpc) is 3.36. The zero-order valence-electron chi connectivity index (χ0n) is 18.9. The first kappa shape index (κ1) is 24.1. The fourth-order valence-corrected chi connectivity index (χ4v) is 5.06. The average molecular weight is 508 g/mol.